The second-order valence-corrected chi connectivity index (χ2v) is 4.59. The van der Waals surface area contributed by atoms with Crippen molar-refractivity contribution in [3.63, 3.8) is 0 Å². The fourth-order valence-corrected chi connectivity index (χ4v) is 2.55. The van der Waals surface area contributed by atoms with Gasteiger partial charge in [0.1, 0.15) is 5.75 Å². The Bertz CT molecular complexity index is 331. The second kappa shape index (κ2) is 4.42. The minimum absolute atomic E-state index is 0.190. The predicted molar refractivity (Wildman–Crippen MR) is 65.2 cm³/mol. The number of halogens is 2. The van der Waals surface area contributed by atoms with Crippen molar-refractivity contribution >= 4 is 51.1 Å². The van der Waals surface area contributed by atoms with Crippen molar-refractivity contribution in [1.82, 2.24) is 5.43 Å². The molecule has 0 atom stereocenters. The van der Waals surface area contributed by atoms with Gasteiger partial charge in [-0.25, -0.2) is 5.84 Å². The summed E-state index contributed by atoms with van der Waals surface area (Å²) in [5, 5.41) is 9.41. The Morgan fingerprint density at radius 3 is 2.23 bits per heavy atom. The summed E-state index contributed by atoms with van der Waals surface area (Å²) in [4.78, 5) is 11.1. The number of phenols is 1. The molecule has 4 nitrogen and oxygen atoms in total. The molecule has 13 heavy (non-hydrogen) atoms. The van der Waals surface area contributed by atoms with E-state index >= 15 is 0 Å². The number of amides is 1. The summed E-state index contributed by atoms with van der Waals surface area (Å²) in [7, 11) is 0. The van der Waals surface area contributed by atoms with Gasteiger partial charge in [-0.1, -0.05) is 0 Å². The first kappa shape index (κ1) is 11.0. The van der Waals surface area contributed by atoms with Crippen LogP contribution in [0.2, 0.25) is 0 Å². The third-order valence-corrected chi connectivity index (χ3v) is 3.05. The molecule has 1 amide bonds. The predicted octanol–water partition coefficient (Wildman–Crippen LogP) is 1.20. The van der Waals surface area contributed by atoms with Crippen LogP contribution in [0.3, 0.4) is 0 Å². The van der Waals surface area contributed by atoms with Crippen molar-refractivity contribution in [2.24, 2.45) is 5.84 Å². The molecule has 70 valence electrons. The number of phenolic OH excluding ortho intramolecular Hbond substituents is 1. The summed E-state index contributed by atoms with van der Waals surface area (Å²) in [6.07, 6.45) is 0. The van der Waals surface area contributed by atoms with E-state index in [1.165, 1.54) is 0 Å². The molecule has 1 rings (SSSR count). The number of carbonyl (C=O) groups is 1. The van der Waals surface area contributed by atoms with Crippen LogP contribution in [-0.4, -0.2) is 11.0 Å². The first-order chi connectivity index (χ1) is 6.06. The van der Waals surface area contributed by atoms with Crippen molar-refractivity contribution in [3.05, 3.63) is 24.8 Å². The van der Waals surface area contributed by atoms with E-state index in [9.17, 15) is 9.90 Å². The lowest BCUT2D eigenvalue weighted by Gasteiger charge is -2.04. The van der Waals surface area contributed by atoms with Gasteiger partial charge in [0, 0.05) is 5.56 Å². The molecule has 0 fully saturated rings. The summed E-state index contributed by atoms with van der Waals surface area (Å²) in [5.74, 6) is 4.80. The largest absolute Gasteiger partial charge is 0.506 e. The SMILES string of the molecule is NNC(=O)c1cc([125I])c(O)c([125I])c1. The molecule has 0 bridgehead atoms. The molecule has 1 aromatic carbocycles. The lowest BCUT2D eigenvalue weighted by Crippen LogP contribution is -2.30. The number of hydrazine groups is 1. The normalized spacial score (nSPS) is 9.77. The highest BCUT2D eigenvalue weighted by Gasteiger charge is 2.10. The average Bonchev–Trinajstić information content (AvgIpc) is 2.12. The van der Waals surface area contributed by atoms with E-state index in [0.29, 0.717) is 12.7 Å². The molecule has 0 unspecified atom stereocenters. The number of aromatic hydroxyl groups is 1. The van der Waals surface area contributed by atoms with E-state index in [2.05, 4.69) is 0 Å². The monoisotopic (exact) mass is 400 g/mol. The summed E-state index contributed by atoms with van der Waals surface area (Å²) in [6.45, 7) is 0. The number of nitrogens with two attached hydrogens (primary N) is 1. The maximum Gasteiger partial charge on any atom is 0.265 e. The Morgan fingerprint density at radius 2 is 1.85 bits per heavy atom. The van der Waals surface area contributed by atoms with Crippen LogP contribution >= 0.6 is 45.2 Å². The van der Waals surface area contributed by atoms with Crippen molar-refractivity contribution in [2.75, 3.05) is 0 Å². The van der Waals surface area contributed by atoms with Crippen molar-refractivity contribution in [3.8, 4) is 5.75 Å². The third-order valence-electron chi connectivity index (χ3n) is 1.41. The maximum absolute atomic E-state index is 11.1. The Balaban J connectivity index is 3.20. The number of nitrogen functional groups attached to an aromatic ring is 1. The van der Waals surface area contributed by atoms with E-state index in [1.807, 2.05) is 50.6 Å². The van der Waals surface area contributed by atoms with Gasteiger partial charge in [0.05, 0.1) is 7.14 Å². The molecule has 1 aromatic rings. The molecule has 0 aliphatic rings. The number of rotatable bonds is 1. The zero-order chi connectivity index (χ0) is 10.0. The van der Waals surface area contributed by atoms with E-state index < -0.39 is 0 Å². The van der Waals surface area contributed by atoms with Crippen molar-refractivity contribution in [2.45, 2.75) is 0 Å². The zero-order valence-electron chi connectivity index (χ0n) is 6.34. The molecular weight excluding hydrogens is 394 g/mol. The molecule has 4 N–H and O–H groups in total. The van der Waals surface area contributed by atoms with Gasteiger partial charge in [0.2, 0.25) is 0 Å². The van der Waals surface area contributed by atoms with Crippen LogP contribution in [0.4, 0.5) is 0 Å². The molecule has 0 spiro atoms. The fraction of sp³-hybridized carbons (Fsp3) is 0. The molecule has 0 saturated heterocycles. The van der Waals surface area contributed by atoms with Gasteiger partial charge in [-0.05, 0) is 57.3 Å². The minimum atomic E-state index is -0.365. The average molecular weight is 400 g/mol. The molecule has 0 heterocycles. The Kier molecular flexibility index (Phi) is 3.74. The van der Waals surface area contributed by atoms with Crippen LogP contribution in [0.5, 0.6) is 5.75 Å². The molecule has 0 radical (unpaired) electrons. The summed E-state index contributed by atoms with van der Waals surface area (Å²) < 4.78 is 1.26. The molecule has 0 aromatic heterocycles. The van der Waals surface area contributed by atoms with Crippen LogP contribution in [-0.2, 0) is 0 Å². The zero-order valence-corrected chi connectivity index (χ0v) is 10.7. The van der Waals surface area contributed by atoms with E-state index in [4.69, 9.17) is 5.84 Å². The Morgan fingerprint density at radius 1 is 1.38 bits per heavy atom. The summed E-state index contributed by atoms with van der Waals surface area (Å²) in [5.41, 5.74) is 2.47. The third kappa shape index (κ3) is 2.44. The van der Waals surface area contributed by atoms with Crippen molar-refractivity contribution in [1.29, 1.82) is 0 Å². The van der Waals surface area contributed by atoms with Gasteiger partial charge in [0.15, 0.2) is 0 Å². The number of benzene rings is 1. The van der Waals surface area contributed by atoms with E-state index in [1.54, 1.807) is 12.1 Å². The first-order valence-corrected chi connectivity index (χ1v) is 5.41. The molecular formula is C7H6I2N2O2. The summed E-state index contributed by atoms with van der Waals surface area (Å²) in [6, 6.07) is 3.14. The fourth-order valence-electron chi connectivity index (χ4n) is 0.780. The highest BCUT2D eigenvalue weighted by molar-refractivity contribution is 14.1. The molecule has 0 saturated carbocycles. The number of carbonyl (C=O) groups excluding carboxylic acids is 1. The lowest BCUT2D eigenvalue weighted by molar-refractivity contribution is 0.0953. The van der Waals surface area contributed by atoms with Crippen LogP contribution in [0, 0.1) is 7.14 Å². The Hall–Kier alpha value is -0.0900. The first-order valence-electron chi connectivity index (χ1n) is 3.25. The highest BCUT2D eigenvalue weighted by atomic mass is 125. The highest BCUT2D eigenvalue weighted by Crippen LogP contribution is 2.27. The number of hydrogen-bond donors (Lipinski definition) is 3. The lowest BCUT2D eigenvalue weighted by atomic mass is 10.2. The molecule has 0 aliphatic carbocycles. The quantitative estimate of drug-likeness (QED) is 0.287. The van der Waals surface area contributed by atoms with Crippen LogP contribution in [0.15, 0.2) is 12.1 Å². The molecule has 0 aliphatic heterocycles. The van der Waals surface area contributed by atoms with Crippen LogP contribution < -0.4 is 11.3 Å². The van der Waals surface area contributed by atoms with E-state index in [0.717, 1.165) is 0 Å². The molecule has 6 heteroatoms. The summed E-state index contributed by atoms with van der Waals surface area (Å²) >= 11 is 3.90. The van der Waals surface area contributed by atoms with Crippen LogP contribution in [0.25, 0.3) is 0 Å². The maximum atomic E-state index is 11.1. The second-order valence-electron chi connectivity index (χ2n) is 2.26. The van der Waals surface area contributed by atoms with E-state index in [-0.39, 0.29) is 11.7 Å². The van der Waals surface area contributed by atoms with Gasteiger partial charge in [-0.3, -0.25) is 10.2 Å². The number of nitrogens with one attached hydrogen (secondary N) is 1. The van der Waals surface area contributed by atoms with Gasteiger partial charge in [-0.2, -0.15) is 0 Å². The van der Waals surface area contributed by atoms with Gasteiger partial charge < -0.3 is 5.11 Å². The number of hydrogen-bond acceptors (Lipinski definition) is 3. The van der Waals surface area contributed by atoms with Gasteiger partial charge >= 0.3 is 0 Å². The van der Waals surface area contributed by atoms with Gasteiger partial charge in [-0.15, -0.1) is 0 Å². The minimum Gasteiger partial charge on any atom is -0.506 e. The van der Waals surface area contributed by atoms with Gasteiger partial charge in [0.25, 0.3) is 5.91 Å². The standard InChI is InChI=1S/C7H6I2N2O2/c8-4-1-3(7(13)11-10)2-5(9)6(4)12/h1-2,12H,10H2,(H,11,13)/i8-2,9-2. The van der Waals surface area contributed by atoms with Crippen molar-refractivity contribution < 1.29 is 9.90 Å². The Labute approximate surface area is 102 Å². The topological polar surface area (TPSA) is 75.3 Å². The smallest absolute Gasteiger partial charge is 0.265 e. The van der Waals surface area contributed by atoms with Crippen LogP contribution in [0.1, 0.15) is 10.4 Å².